The molecule has 0 radical (unpaired) electrons. The first kappa shape index (κ1) is 24.8. The summed E-state index contributed by atoms with van der Waals surface area (Å²) < 4.78 is 3.37. The molecule has 3 aromatic heterocycles. The number of aromatic amines is 1. The number of aromatic nitrogens is 6. The number of imidazole rings is 1. The fourth-order valence-corrected chi connectivity index (χ4v) is 4.30. The van der Waals surface area contributed by atoms with Crippen molar-refractivity contribution >= 4 is 33.5 Å². The molecular formula is C22H33N7O3S. The van der Waals surface area contributed by atoms with E-state index in [0.717, 1.165) is 17.8 Å². The Bertz CT molecular complexity index is 1240. The number of anilines is 1. The molecule has 10 nitrogen and oxygen atoms in total. The number of nitrogens with zero attached hydrogens (tertiary/aromatic N) is 5. The van der Waals surface area contributed by atoms with Gasteiger partial charge >= 0.3 is 5.69 Å². The van der Waals surface area contributed by atoms with E-state index < -0.39 is 11.2 Å². The first-order valence-electron chi connectivity index (χ1n) is 11.4. The first-order valence-corrected chi connectivity index (χ1v) is 12.2. The maximum Gasteiger partial charge on any atom is 0.330 e. The van der Waals surface area contributed by atoms with E-state index in [2.05, 4.69) is 25.5 Å². The predicted molar refractivity (Wildman–Crippen MR) is 130 cm³/mol. The van der Waals surface area contributed by atoms with Crippen LogP contribution < -0.4 is 16.6 Å². The highest BCUT2D eigenvalue weighted by Crippen LogP contribution is 2.27. The van der Waals surface area contributed by atoms with Crippen LogP contribution in [0.25, 0.3) is 11.2 Å². The van der Waals surface area contributed by atoms with Crippen molar-refractivity contribution in [2.24, 2.45) is 5.92 Å². The quantitative estimate of drug-likeness (QED) is 0.490. The number of aryl methyl sites for hydroxylation is 2. The molecule has 0 unspecified atom stereocenters. The molecule has 3 aromatic rings. The van der Waals surface area contributed by atoms with Gasteiger partial charge in [0.25, 0.3) is 5.56 Å². The lowest BCUT2D eigenvalue weighted by molar-refractivity contribution is -0.116. The summed E-state index contributed by atoms with van der Waals surface area (Å²) in [7, 11) is 0. The fraction of sp³-hybridized carbons (Fsp3) is 0.636. The zero-order chi connectivity index (χ0) is 24.3. The molecule has 0 aliphatic carbocycles. The maximum atomic E-state index is 12.7. The van der Waals surface area contributed by atoms with Gasteiger partial charge in [-0.1, -0.05) is 59.3 Å². The third-order valence-corrected chi connectivity index (χ3v) is 6.40. The van der Waals surface area contributed by atoms with E-state index in [1.165, 1.54) is 15.9 Å². The number of amides is 1. The molecule has 33 heavy (non-hydrogen) atoms. The van der Waals surface area contributed by atoms with E-state index in [0.29, 0.717) is 41.6 Å². The Kier molecular flexibility index (Phi) is 7.51. The zero-order valence-electron chi connectivity index (χ0n) is 20.2. The highest BCUT2D eigenvalue weighted by atomic mass is 32.1. The third kappa shape index (κ3) is 5.76. The molecule has 3 heterocycles. The van der Waals surface area contributed by atoms with Gasteiger partial charge in [0.05, 0.1) is 0 Å². The molecule has 180 valence electrons. The standard InChI is InChI=1S/C22H33N7O3S/c1-7-8-11-28-17-16(18(31)25-21(28)32)29(12-13(2)3)14(23-17)9-10-15(30)24-20-27-26-19(33-20)22(4,5)6/h13H,7-12H2,1-6H3,(H,24,27,30)(H,25,31,32). The number of carbonyl (C=O) groups excluding carboxylic acids is 1. The second-order valence-corrected chi connectivity index (χ2v) is 10.7. The van der Waals surface area contributed by atoms with E-state index >= 15 is 0 Å². The van der Waals surface area contributed by atoms with E-state index in [4.69, 9.17) is 0 Å². The smallest absolute Gasteiger partial charge is 0.322 e. The minimum Gasteiger partial charge on any atom is -0.322 e. The summed E-state index contributed by atoms with van der Waals surface area (Å²) >= 11 is 1.36. The van der Waals surface area contributed by atoms with Crippen LogP contribution in [0.4, 0.5) is 5.13 Å². The van der Waals surface area contributed by atoms with Crippen LogP contribution in [0.3, 0.4) is 0 Å². The first-order chi connectivity index (χ1) is 15.5. The van der Waals surface area contributed by atoms with Crippen molar-refractivity contribution < 1.29 is 4.79 Å². The average Bonchev–Trinajstić information content (AvgIpc) is 3.31. The van der Waals surface area contributed by atoms with E-state index in [1.54, 1.807) is 0 Å². The van der Waals surface area contributed by atoms with Gasteiger partial charge in [0, 0.05) is 31.3 Å². The largest absolute Gasteiger partial charge is 0.330 e. The number of hydrogen-bond donors (Lipinski definition) is 2. The van der Waals surface area contributed by atoms with Crippen LogP contribution in [-0.4, -0.2) is 35.2 Å². The molecule has 1 amide bonds. The van der Waals surface area contributed by atoms with Gasteiger partial charge in [-0.05, 0) is 12.3 Å². The van der Waals surface area contributed by atoms with Crippen LogP contribution in [0.5, 0.6) is 0 Å². The molecule has 0 fully saturated rings. The summed E-state index contributed by atoms with van der Waals surface area (Å²) in [5, 5.41) is 12.3. The number of carbonyl (C=O) groups is 1. The van der Waals surface area contributed by atoms with Gasteiger partial charge in [0.1, 0.15) is 10.8 Å². The van der Waals surface area contributed by atoms with Crippen LogP contribution in [0.2, 0.25) is 0 Å². The summed E-state index contributed by atoms with van der Waals surface area (Å²) in [6, 6.07) is 0. The molecule has 0 aliphatic rings. The zero-order valence-corrected chi connectivity index (χ0v) is 21.0. The molecule has 0 aromatic carbocycles. The highest BCUT2D eigenvalue weighted by Gasteiger charge is 2.22. The van der Waals surface area contributed by atoms with E-state index in [9.17, 15) is 14.4 Å². The van der Waals surface area contributed by atoms with Gasteiger partial charge in [-0.15, -0.1) is 10.2 Å². The normalized spacial score (nSPS) is 12.1. The molecule has 0 atom stereocenters. The Hall–Kier alpha value is -2.82. The number of fused-ring (bicyclic) bond motifs is 1. The van der Waals surface area contributed by atoms with Crippen LogP contribution in [0.15, 0.2) is 9.59 Å². The lowest BCUT2D eigenvalue weighted by Gasteiger charge is -2.12. The summed E-state index contributed by atoms with van der Waals surface area (Å²) in [5.41, 5.74) is -0.273. The average molecular weight is 476 g/mol. The Balaban J connectivity index is 1.87. The number of unbranched alkanes of at least 4 members (excludes halogenated alkanes) is 1. The van der Waals surface area contributed by atoms with Crippen LogP contribution in [-0.2, 0) is 29.7 Å². The van der Waals surface area contributed by atoms with Gasteiger partial charge in [0.15, 0.2) is 11.2 Å². The molecule has 3 rings (SSSR count). The molecule has 0 bridgehead atoms. The van der Waals surface area contributed by atoms with Crippen LogP contribution >= 0.6 is 11.3 Å². The monoisotopic (exact) mass is 475 g/mol. The van der Waals surface area contributed by atoms with Crippen molar-refractivity contribution in [1.82, 2.24) is 29.3 Å². The Labute approximate surface area is 196 Å². The molecule has 11 heteroatoms. The van der Waals surface area contributed by atoms with E-state index in [1.807, 2.05) is 46.1 Å². The lowest BCUT2D eigenvalue weighted by Crippen LogP contribution is -2.31. The van der Waals surface area contributed by atoms with Crippen molar-refractivity contribution in [3.8, 4) is 0 Å². The second-order valence-electron chi connectivity index (χ2n) is 9.68. The van der Waals surface area contributed by atoms with Crippen molar-refractivity contribution in [3.05, 3.63) is 31.7 Å². The van der Waals surface area contributed by atoms with E-state index in [-0.39, 0.29) is 23.7 Å². The minimum atomic E-state index is -0.453. The second kappa shape index (κ2) is 9.98. The maximum absolute atomic E-state index is 12.7. The molecule has 2 N–H and O–H groups in total. The molecule has 0 aliphatic heterocycles. The highest BCUT2D eigenvalue weighted by molar-refractivity contribution is 7.15. The van der Waals surface area contributed by atoms with Crippen molar-refractivity contribution in [2.75, 3.05) is 5.32 Å². The van der Waals surface area contributed by atoms with Gasteiger partial charge < -0.3 is 9.88 Å². The van der Waals surface area contributed by atoms with Gasteiger partial charge in [-0.25, -0.2) is 9.78 Å². The Morgan fingerprint density at radius 1 is 1.18 bits per heavy atom. The Morgan fingerprint density at radius 2 is 1.91 bits per heavy atom. The minimum absolute atomic E-state index is 0.136. The molecular weight excluding hydrogens is 442 g/mol. The Morgan fingerprint density at radius 3 is 2.52 bits per heavy atom. The number of H-pyrrole nitrogens is 1. The summed E-state index contributed by atoms with van der Waals surface area (Å²) in [5.74, 6) is 0.664. The van der Waals surface area contributed by atoms with Crippen LogP contribution in [0, 0.1) is 5.92 Å². The summed E-state index contributed by atoms with van der Waals surface area (Å²) in [6.07, 6.45) is 2.21. The van der Waals surface area contributed by atoms with Crippen molar-refractivity contribution in [1.29, 1.82) is 0 Å². The number of hydrogen-bond acceptors (Lipinski definition) is 7. The number of rotatable bonds is 9. The lowest BCUT2D eigenvalue weighted by atomic mass is 9.98. The van der Waals surface area contributed by atoms with Gasteiger partial charge in [-0.2, -0.15) is 0 Å². The molecule has 0 saturated heterocycles. The predicted octanol–water partition coefficient (Wildman–Crippen LogP) is 3.06. The van der Waals surface area contributed by atoms with Crippen LogP contribution in [0.1, 0.15) is 71.6 Å². The number of nitrogens with one attached hydrogen (secondary N) is 2. The fourth-order valence-electron chi connectivity index (χ4n) is 3.48. The van der Waals surface area contributed by atoms with Gasteiger partial charge in [0.2, 0.25) is 11.0 Å². The summed E-state index contributed by atoms with van der Waals surface area (Å²) in [6.45, 7) is 13.3. The molecule has 0 spiro atoms. The third-order valence-electron chi connectivity index (χ3n) is 5.14. The van der Waals surface area contributed by atoms with Crippen molar-refractivity contribution in [3.63, 3.8) is 0 Å². The summed E-state index contributed by atoms with van der Waals surface area (Å²) in [4.78, 5) is 44.8. The van der Waals surface area contributed by atoms with Crippen molar-refractivity contribution in [2.45, 2.75) is 85.7 Å². The molecule has 0 saturated carbocycles. The SMILES string of the molecule is CCCCn1c(=O)[nH]c(=O)c2c1nc(CCC(=O)Nc1nnc(C(C)(C)C)s1)n2CC(C)C. The van der Waals surface area contributed by atoms with Gasteiger partial charge in [-0.3, -0.25) is 19.1 Å². The topological polar surface area (TPSA) is 128 Å².